The molecule has 0 aliphatic heterocycles. The highest BCUT2D eigenvalue weighted by atomic mass is 32.2. The minimum absolute atomic E-state index is 0.0326. The maximum atomic E-state index is 12.4. The van der Waals surface area contributed by atoms with Crippen molar-refractivity contribution in [1.29, 1.82) is 0 Å². The second-order valence-corrected chi connectivity index (χ2v) is 6.41. The average molecular weight is 309 g/mol. The third-order valence-corrected chi connectivity index (χ3v) is 4.48. The number of hydrogen-bond acceptors (Lipinski definition) is 4. The van der Waals surface area contributed by atoms with E-state index in [0.29, 0.717) is 5.69 Å². The number of sulfonamides is 1. The molecule has 0 aliphatic carbocycles. The maximum absolute atomic E-state index is 12.4. The largest absolute Gasteiger partial charge is 0.475 e. The first-order valence-corrected chi connectivity index (χ1v) is 7.63. The first-order valence-electron chi connectivity index (χ1n) is 6.14. The van der Waals surface area contributed by atoms with Gasteiger partial charge in [-0.2, -0.15) is 0 Å². The summed E-state index contributed by atoms with van der Waals surface area (Å²) >= 11 is 0. The maximum Gasteiger partial charge on any atom is 0.371 e. The molecule has 0 unspecified atom stereocenters. The van der Waals surface area contributed by atoms with Gasteiger partial charge < -0.3 is 9.52 Å². The van der Waals surface area contributed by atoms with E-state index in [4.69, 9.17) is 9.52 Å². The highest BCUT2D eigenvalue weighted by Crippen LogP contribution is 2.25. The molecule has 0 fully saturated rings. The standard InChI is InChI=1S/C14H15NO5S/c1-8-4-5-9(2)11(6-8)15-21(18,19)13-7-12(14(16)17)20-10(13)3/h4-7,15H,1-3H3,(H,16,17). The number of rotatable bonds is 4. The fraction of sp³-hybridized carbons (Fsp3) is 0.214. The van der Waals surface area contributed by atoms with Crippen molar-refractivity contribution in [3.05, 3.63) is 46.9 Å². The predicted molar refractivity (Wildman–Crippen MR) is 77.1 cm³/mol. The first-order chi connectivity index (χ1) is 9.70. The summed E-state index contributed by atoms with van der Waals surface area (Å²) in [6.45, 7) is 5.04. The number of furan rings is 1. The molecule has 2 aromatic rings. The van der Waals surface area contributed by atoms with Gasteiger partial charge in [-0.15, -0.1) is 0 Å². The third kappa shape index (κ3) is 3.08. The lowest BCUT2D eigenvalue weighted by Gasteiger charge is -2.10. The van der Waals surface area contributed by atoms with Gasteiger partial charge in [0.25, 0.3) is 10.0 Å². The zero-order valence-corrected chi connectivity index (χ0v) is 12.6. The Morgan fingerprint density at radius 3 is 2.43 bits per heavy atom. The molecule has 7 heteroatoms. The van der Waals surface area contributed by atoms with Crippen LogP contribution in [0.1, 0.15) is 27.4 Å². The normalized spacial score (nSPS) is 11.4. The topological polar surface area (TPSA) is 96.6 Å². The molecule has 2 N–H and O–H groups in total. The van der Waals surface area contributed by atoms with Crippen molar-refractivity contribution in [1.82, 2.24) is 0 Å². The second kappa shape index (κ2) is 5.25. The van der Waals surface area contributed by atoms with Crippen molar-refractivity contribution in [2.24, 2.45) is 0 Å². The van der Waals surface area contributed by atoms with Crippen LogP contribution in [0.25, 0.3) is 0 Å². The Kier molecular flexibility index (Phi) is 3.78. The molecule has 0 amide bonds. The van der Waals surface area contributed by atoms with Gasteiger partial charge in [-0.1, -0.05) is 12.1 Å². The molecule has 1 aromatic carbocycles. The first kappa shape index (κ1) is 15.1. The summed E-state index contributed by atoms with van der Waals surface area (Å²) in [7, 11) is -3.90. The van der Waals surface area contributed by atoms with Gasteiger partial charge in [0.05, 0.1) is 5.69 Å². The molecule has 112 valence electrons. The van der Waals surface area contributed by atoms with Gasteiger partial charge in [0.15, 0.2) is 0 Å². The lowest BCUT2D eigenvalue weighted by molar-refractivity contribution is 0.0661. The molecule has 0 aliphatic rings. The number of anilines is 1. The van der Waals surface area contributed by atoms with Gasteiger partial charge in [-0.3, -0.25) is 4.72 Å². The Labute approximate surface area is 122 Å². The fourth-order valence-electron chi connectivity index (χ4n) is 1.88. The number of aryl methyl sites for hydroxylation is 3. The molecule has 0 bridgehead atoms. The van der Waals surface area contributed by atoms with Crippen molar-refractivity contribution in [3.8, 4) is 0 Å². The van der Waals surface area contributed by atoms with Crippen LogP contribution in [0, 0.1) is 20.8 Å². The van der Waals surface area contributed by atoms with Crippen molar-refractivity contribution in [2.75, 3.05) is 4.72 Å². The lowest BCUT2D eigenvalue weighted by Crippen LogP contribution is -2.14. The van der Waals surface area contributed by atoms with E-state index in [0.717, 1.165) is 17.2 Å². The molecule has 0 radical (unpaired) electrons. The van der Waals surface area contributed by atoms with Crippen molar-refractivity contribution >= 4 is 21.7 Å². The number of aromatic carboxylic acids is 1. The molecule has 2 rings (SSSR count). The van der Waals surface area contributed by atoms with Gasteiger partial charge in [-0.05, 0) is 38.0 Å². The van der Waals surface area contributed by atoms with Crippen LogP contribution < -0.4 is 4.72 Å². The number of nitrogens with one attached hydrogen (secondary N) is 1. The van der Waals surface area contributed by atoms with E-state index in [1.807, 2.05) is 13.0 Å². The van der Waals surface area contributed by atoms with Crippen molar-refractivity contribution < 1.29 is 22.7 Å². The number of benzene rings is 1. The zero-order chi connectivity index (χ0) is 15.8. The van der Waals surface area contributed by atoms with Gasteiger partial charge in [0.2, 0.25) is 5.76 Å². The van der Waals surface area contributed by atoms with Crippen LogP contribution in [0.4, 0.5) is 5.69 Å². The van der Waals surface area contributed by atoms with Crippen molar-refractivity contribution in [2.45, 2.75) is 25.7 Å². The van der Waals surface area contributed by atoms with Crippen LogP contribution in [0.15, 0.2) is 33.6 Å². The smallest absolute Gasteiger partial charge is 0.371 e. The Bertz CT molecular complexity index is 805. The minimum Gasteiger partial charge on any atom is -0.475 e. The van der Waals surface area contributed by atoms with E-state index < -0.39 is 21.8 Å². The fourth-order valence-corrected chi connectivity index (χ4v) is 3.18. The Morgan fingerprint density at radius 2 is 1.86 bits per heavy atom. The summed E-state index contributed by atoms with van der Waals surface area (Å²) in [6, 6.07) is 6.39. The second-order valence-electron chi connectivity index (χ2n) is 4.76. The summed E-state index contributed by atoms with van der Waals surface area (Å²) in [6.07, 6.45) is 0. The highest BCUT2D eigenvalue weighted by molar-refractivity contribution is 7.92. The summed E-state index contributed by atoms with van der Waals surface area (Å²) < 4.78 is 32.1. The number of carbonyl (C=O) groups is 1. The molecular formula is C14H15NO5S. The summed E-state index contributed by atoms with van der Waals surface area (Å²) in [4.78, 5) is 10.7. The van der Waals surface area contributed by atoms with E-state index >= 15 is 0 Å². The van der Waals surface area contributed by atoms with Gasteiger partial charge >= 0.3 is 5.97 Å². The van der Waals surface area contributed by atoms with Crippen LogP contribution in [0.2, 0.25) is 0 Å². The van der Waals surface area contributed by atoms with E-state index in [1.165, 1.54) is 6.92 Å². The highest BCUT2D eigenvalue weighted by Gasteiger charge is 2.24. The van der Waals surface area contributed by atoms with E-state index in [2.05, 4.69) is 4.72 Å². The molecule has 1 aromatic heterocycles. The Hall–Kier alpha value is -2.28. The SMILES string of the molecule is Cc1ccc(C)c(NS(=O)(=O)c2cc(C(=O)O)oc2C)c1. The van der Waals surface area contributed by atoms with Crippen LogP contribution in [0.3, 0.4) is 0 Å². The van der Waals surface area contributed by atoms with Crippen molar-refractivity contribution in [3.63, 3.8) is 0 Å². The molecule has 0 saturated heterocycles. The summed E-state index contributed by atoms with van der Waals surface area (Å²) in [5, 5.41) is 8.85. The summed E-state index contributed by atoms with van der Waals surface area (Å²) in [5.74, 6) is -1.69. The minimum atomic E-state index is -3.90. The Balaban J connectivity index is 2.43. The van der Waals surface area contributed by atoms with Gasteiger partial charge in [-0.25, -0.2) is 13.2 Å². The number of hydrogen-bond donors (Lipinski definition) is 2. The van der Waals surface area contributed by atoms with E-state index in [1.54, 1.807) is 19.1 Å². The van der Waals surface area contributed by atoms with Crippen LogP contribution in [-0.4, -0.2) is 19.5 Å². The average Bonchev–Trinajstić information content (AvgIpc) is 2.77. The van der Waals surface area contributed by atoms with E-state index in [9.17, 15) is 13.2 Å². The monoisotopic (exact) mass is 309 g/mol. The van der Waals surface area contributed by atoms with Crippen LogP contribution in [-0.2, 0) is 10.0 Å². The number of carboxylic acids is 1. The molecule has 0 spiro atoms. The molecule has 6 nitrogen and oxygen atoms in total. The molecule has 1 heterocycles. The molecular weight excluding hydrogens is 294 g/mol. The van der Waals surface area contributed by atoms with Gasteiger partial charge in [0.1, 0.15) is 10.7 Å². The number of carboxylic acid groups (broad SMARTS) is 1. The lowest BCUT2D eigenvalue weighted by atomic mass is 10.1. The predicted octanol–water partition coefficient (Wildman–Crippen LogP) is 2.70. The Morgan fingerprint density at radius 1 is 1.19 bits per heavy atom. The molecule has 21 heavy (non-hydrogen) atoms. The third-order valence-electron chi connectivity index (χ3n) is 3.01. The molecule has 0 atom stereocenters. The van der Waals surface area contributed by atoms with E-state index in [-0.39, 0.29) is 10.7 Å². The quantitative estimate of drug-likeness (QED) is 0.905. The van der Waals surface area contributed by atoms with Gasteiger partial charge in [0, 0.05) is 6.07 Å². The van der Waals surface area contributed by atoms with Crippen LogP contribution >= 0.6 is 0 Å². The molecule has 0 saturated carbocycles. The summed E-state index contributed by atoms with van der Waals surface area (Å²) in [5.41, 5.74) is 2.13. The zero-order valence-electron chi connectivity index (χ0n) is 11.8. The van der Waals surface area contributed by atoms with Crippen LogP contribution in [0.5, 0.6) is 0 Å².